The molecule has 2 aromatic rings. The van der Waals surface area contributed by atoms with Crippen molar-refractivity contribution in [2.75, 3.05) is 13.1 Å². The van der Waals surface area contributed by atoms with Crippen molar-refractivity contribution in [2.45, 2.75) is 12.8 Å². The van der Waals surface area contributed by atoms with E-state index in [1.54, 1.807) is 6.07 Å². The van der Waals surface area contributed by atoms with Crippen molar-refractivity contribution in [2.24, 2.45) is 5.92 Å². The average molecular weight is 326 g/mol. The Labute approximate surface area is 118 Å². The Kier molecular flexibility index (Phi) is 3.36. The van der Waals surface area contributed by atoms with Crippen LogP contribution in [0.4, 0.5) is 4.39 Å². The highest BCUT2D eigenvalue weighted by atomic mass is 79.9. The van der Waals surface area contributed by atoms with Crippen LogP contribution in [0, 0.1) is 11.7 Å². The third-order valence-corrected chi connectivity index (χ3v) is 3.85. The van der Waals surface area contributed by atoms with Crippen LogP contribution >= 0.6 is 15.9 Å². The quantitative estimate of drug-likeness (QED) is 0.922. The van der Waals surface area contributed by atoms with Gasteiger partial charge in [0, 0.05) is 16.6 Å². The Balaban J connectivity index is 1.92. The van der Waals surface area contributed by atoms with Gasteiger partial charge in [-0.2, -0.15) is 4.98 Å². The summed E-state index contributed by atoms with van der Waals surface area (Å²) in [6, 6.07) is 4.57. The molecular formula is C13H13BrFN3O. The molecule has 3 rings (SSSR count). The highest BCUT2D eigenvalue weighted by molar-refractivity contribution is 9.10. The Morgan fingerprint density at radius 3 is 2.89 bits per heavy atom. The molecule has 1 aromatic carbocycles. The van der Waals surface area contributed by atoms with Gasteiger partial charge in [-0.15, -0.1) is 0 Å². The third-order valence-electron chi connectivity index (χ3n) is 3.40. The van der Waals surface area contributed by atoms with E-state index in [1.165, 1.54) is 12.1 Å². The van der Waals surface area contributed by atoms with Gasteiger partial charge in [0.2, 0.25) is 11.7 Å². The van der Waals surface area contributed by atoms with Gasteiger partial charge >= 0.3 is 0 Å². The zero-order valence-electron chi connectivity index (χ0n) is 10.4. The molecule has 1 fully saturated rings. The maximum Gasteiger partial charge on any atom is 0.231 e. The second-order valence-corrected chi connectivity index (χ2v) is 5.77. The minimum atomic E-state index is -0.327. The van der Waals surface area contributed by atoms with E-state index >= 15 is 0 Å². The molecule has 1 aromatic heterocycles. The minimum Gasteiger partial charge on any atom is -0.339 e. The van der Waals surface area contributed by atoms with Gasteiger partial charge < -0.3 is 9.84 Å². The van der Waals surface area contributed by atoms with E-state index in [9.17, 15) is 4.39 Å². The Bertz CT molecular complexity index is 581. The SMILES string of the molecule is C[C@@H]1CNC[C@H]1c1nc(-c2cc(F)cc(Br)c2)no1. The summed E-state index contributed by atoms with van der Waals surface area (Å²) in [4.78, 5) is 4.39. The first kappa shape index (κ1) is 12.7. The molecule has 1 saturated heterocycles. The van der Waals surface area contributed by atoms with Gasteiger partial charge in [-0.1, -0.05) is 28.0 Å². The number of halogens is 2. The second-order valence-electron chi connectivity index (χ2n) is 4.86. The summed E-state index contributed by atoms with van der Waals surface area (Å²) < 4.78 is 19.3. The van der Waals surface area contributed by atoms with Crippen LogP contribution in [0.1, 0.15) is 18.7 Å². The minimum absolute atomic E-state index is 0.234. The summed E-state index contributed by atoms with van der Waals surface area (Å²) in [7, 11) is 0. The van der Waals surface area contributed by atoms with E-state index in [0.717, 1.165) is 13.1 Å². The van der Waals surface area contributed by atoms with Crippen LogP contribution in [-0.2, 0) is 0 Å². The van der Waals surface area contributed by atoms with Crippen LogP contribution < -0.4 is 5.32 Å². The van der Waals surface area contributed by atoms with E-state index in [2.05, 4.69) is 38.3 Å². The van der Waals surface area contributed by atoms with Crippen LogP contribution in [0.25, 0.3) is 11.4 Å². The number of hydrogen-bond acceptors (Lipinski definition) is 4. The Morgan fingerprint density at radius 2 is 2.21 bits per heavy atom. The molecule has 6 heteroatoms. The topological polar surface area (TPSA) is 51.0 Å². The fourth-order valence-corrected chi connectivity index (χ4v) is 2.79. The maximum absolute atomic E-state index is 13.4. The lowest BCUT2D eigenvalue weighted by Crippen LogP contribution is -2.08. The van der Waals surface area contributed by atoms with Crippen molar-refractivity contribution in [3.63, 3.8) is 0 Å². The predicted molar refractivity (Wildman–Crippen MR) is 72.2 cm³/mol. The zero-order valence-corrected chi connectivity index (χ0v) is 11.9. The molecule has 0 unspecified atom stereocenters. The molecule has 0 saturated carbocycles. The fourth-order valence-electron chi connectivity index (χ4n) is 2.33. The largest absolute Gasteiger partial charge is 0.339 e. The van der Waals surface area contributed by atoms with E-state index in [1.807, 2.05) is 0 Å². The summed E-state index contributed by atoms with van der Waals surface area (Å²) in [5.41, 5.74) is 0.612. The van der Waals surface area contributed by atoms with Crippen molar-refractivity contribution in [3.05, 3.63) is 34.4 Å². The standard InChI is InChI=1S/C13H13BrFN3O/c1-7-5-16-6-11(7)13-17-12(18-19-13)8-2-9(14)4-10(15)3-8/h2-4,7,11,16H,5-6H2,1H3/t7-,11-/m1/s1. The van der Waals surface area contributed by atoms with Crippen molar-refractivity contribution >= 4 is 15.9 Å². The molecule has 0 radical (unpaired) electrons. The molecule has 2 heterocycles. The van der Waals surface area contributed by atoms with Gasteiger partial charge in [-0.25, -0.2) is 4.39 Å². The molecule has 0 amide bonds. The van der Waals surface area contributed by atoms with Gasteiger partial charge in [0.15, 0.2) is 0 Å². The number of rotatable bonds is 2. The normalized spacial score (nSPS) is 22.9. The highest BCUT2D eigenvalue weighted by Gasteiger charge is 2.29. The first-order chi connectivity index (χ1) is 9.13. The van der Waals surface area contributed by atoms with Crippen LogP contribution in [0.2, 0.25) is 0 Å². The summed E-state index contributed by atoms with van der Waals surface area (Å²) in [5.74, 6) is 1.42. The number of nitrogens with one attached hydrogen (secondary N) is 1. The third kappa shape index (κ3) is 2.55. The molecule has 1 aliphatic heterocycles. The first-order valence-corrected chi connectivity index (χ1v) is 6.93. The van der Waals surface area contributed by atoms with Crippen molar-refractivity contribution < 1.29 is 8.91 Å². The fraction of sp³-hybridized carbons (Fsp3) is 0.385. The monoisotopic (exact) mass is 325 g/mol. The van der Waals surface area contributed by atoms with Crippen LogP contribution in [0.15, 0.2) is 27.2 Å². The van der Waals surface area contributed by atoms with E-state index in [4.69, 9.17) is 4.52 Å². The van der Waals surface area contributed by atoms with E-state index in [-0.39, 0.29) is 11.7 Å². The van der Waals surface area contributed by atoms with E-state index in [0.29, 0.717) is 27.7 Å². The highest BCUT2D eigenvalue weighted by Crippen LogP contribution is 2.29. The van der Waals surface area contributed by atoms with Crippen molar-refractivity contribution in [3.8, 4) is 11.4 Å². The molecular weight excluding hydrogens is 313 g/mol. The summed E-state index contributed by atoms with van der Waals surface area (Å²) >= 11 is 3.26. The Morgan fingerprint density at radius 1 is 1.37 bits per heavy atom. The van der Waals surface area contributed by atoms with Gasteiger partial charge in [-0.05, 0) is 30.7 Å². The molecule has 100 valence electrons. The zero-order chi connectivity index (χ0) is 13.4. The van der Waals surface area contributed by atoms with Gasteiger partial charge in [0.05, 0.1) is 5.92 Å². The average Bonchev–Trinajstić information content (AvgIpc) is 2.95. The maximum atomic E-state index is 13.4. The second kappa shape index (κ2) is 5.02. The molecule has 19 heavy (non-hydrogen) atoms. The number of hydrogen-bond donors (Lipinski definition) is 1. The molecule has 2 atom stereocenters. The van der Waals surface area contributed by atoms with E-state index < -0.39 is 0 Å². The van der Waals surface area contributed by atoms with Crippen molar-refractivity contribution in [1.82, 2.24) is 15.5 Å². The Hall–Kier alpha value is -1.27. The van der Waals surface area contributed by atoms with Crippen LogP contribution in [0.3, 0.4) is 0 Å². The van der Waals surface area contributed by atoms with Gasteiger partial charge in [0.25, 0.3) is 0 Å². The van der Waals surface area contributed by atoms with Gasteiger partial charge in [-0.3, -0.25) is 0 Å². The predicted octanol–water partition coefficient (Wildman–Crippen LogP) is 2.96. The summed E-state index contributed by atoms with van der Waals surface area (Å²) in [6.07, 6.45) is 0. The summed E-state index contributed by atoms with van der Waals surface area (Å²) in [5, 5.41) is 7.24. The lowest BCUT2D eigenvalue weighted by molar-refractivity contribution is 0.340. The number of benzene rings is 1. The molecule has 0 spiro atoms. The lowest BCUT2D eigenvalue weighted by Gasteiger charge is -2.07. The number of aromatic nitrogens is 2. The molecule has 0 aliphatic carbocycles. The van der Waals surface area contributed by atoms with Crippen LogP contribution in [-0.4, -0.2) is 23.2 Å². The first-order valence-electron chi connectivity index (χ1n) is 6.14. The van der Waals surface area contributed by atoms with Crippen molar-refractivity contribution in [1.29, 1.82) is 0 Å². The summed E-state index contributed by atoms with van der Waals surface area (Å²) in [6.45, 7) is 3.94. The number of nitrogens with zero attached hydrogens (tertiary/aromatic N) is 2. The molecule has 4 nitrogen and oxygen atoms in total. The molecule has 1 aliphatic rings. The molecule has 1 N–H and O–H groups in total. The van der Waals surface area contributed by atoms with Gasteiger partial charge in [0.1, 0.15) is 5.82 Å². The van der Waals surface area contributed by atoms with Crippen LogP contribution in [0.5, 0.6) is 0 Å². The lowest BCUT2D eigenvalue weighted by atomic mass is 9.98. The smallest absolute Gasteiger partial charge is 0.231 e. The molecule has 0 bridgehead atoms.